The first kappa shape index (κ1) is 14.7. The zero-order valence-corrected chi connectivity index (χ0v) is 12.6. The fourth-order valence-corrected chi connectivity index (χ4v) is 2.27. The number of hydrogen-bond acceptors (Lipinski definition) is 3. The van der Waals surface area contributed by atoms with Crippen LogP contribution in [0.5, 0.6) is 0 Å². The average molecular weight is 304 g/mol. The highest BCUT2D eigenvalue weighted by Crippen LogP contribution is 2.24. The van der Waals surface area contributed by atoms with E-state index in [1.54, 1.807) is 0 Å². The molecule has 0 saturated carbocycles. The summed E-state index contributed by atoms with van der Waals surface area (Å²) < 4.78 is 8.76. The summed E-state index contributed by atoms with van der Waals surface area (Å²) in [5.74, 6) is 0. The Kier molecular flexibility index (Phi) is 6.16. The quantitative estimate of drug-likeness (QED) is 0.842. The second kappa shape index (κ2) is 7.13. The Morgan fingerprint density at radius 1 is 1.53 bits per heavy atom. The number of rotatable bonds is 7. The normalized spacial score (nSPS) is 13.3. The van der Waals surface area contributed by atoms with Crippen LogP contribution in [0.15, 0.2) is 10.7 Å². The minimum Gasteiger partial charge on any atom is -0.377 e. The van der Waals surface area contributed by atoms with Gasteiger partial charge in [-0.15, -0.1) is 0 Å². The van der Waals surface area contributed by atoms with E-state index < -0.39 is 0 Å². The molecule has 1 unspecified atom stereocenters. The van der Waals surface area contributed by atoms with Gasteiger partial charge >= 0.3 is 0 Å². The van der Waals surface area contributed by atoms with Crippen LogP contribution in [0.2, 0.25) is 0 Å². The summed E-state index contributed by atoms with van der Waals surface area (Å²) in [4.78, 5) is 0. The number of aryl methyl sites for hydroxylation is 1. The molecule has 0 spiro atoms. The van der Waals surface area contributed by atoms with Crippen LogP contribution in [0.4, 0.5) is 0 Å². The maximum Gasteiger partial charge on any atom is 0.0738 e. The molecule has 1 atom stereocenters. The van der Waals surface area contributed by atoms with E-state index in [0.717, 1.165) is 23.1 Å². The molecule has 1 aromatic heterocycles. The summed E-state index contributed by atoms with van der Waals surface area (Å²) in [5, 5.41) is 7.66. The number of ether oxygens (including phenoxy) is 1. The van der Waals surface area contributed by atoms with Gasteiger partial charge in [0.25, 0.3) is 0 Å². The molecule has 0 saturated heterocycles. The maximum atomic E-state index is 5.68. The first-order chi connectivity index (χ1) is 8.10. The molecular weight excluding hydrogens is 282 g/mol. The Hall–Kier alpha value is -0.390. The first-order valence-electron chi connectivity index (χ1n) is 6.10. The third-order valence-corrected chi connectivity index (χ3v) is 3.15. The van der Waals surface area contributed by atoms with Gasteiger partial charge in [-0.25, -0.2) is 0 Å². The monoisotopic (exact) mass is 303 g/mol. The van der Waals surface area contributed by atoms with Gasteiger partial charge in [0.05, 0.1) is 35.1 Å². The number of aromatic nitrogens is 2. The van der Waals surface area contributed by atoms with Crippen molar-refractivity contribution >= 4 is 15.9 Å². The van der Waals surface area contributed by atoms with E-state index in [-0.39, 0.29) is 12.1 Å². The number of nitrogens with one attached hydrogen (secondary N) is 1. The summed E-state index contributed by atoms with van der Waals surface area (Å²) in [6.45, 7) is 7.83. The zero-order valence-electron chi connectivity index (χ0n) is 11.0. The van der Waals surface area contributed by atoms with Crippen molar-refractivity contribution in [3.05, 3.63) is 16.4 Å². The minimum atomic E-state index is 0.167. The third kappa shape index (κ3) is 4.08. The molecule has 0 radical (unpaired) electrons. The molecule has 0 bridgehead atoms. The molecule has 98 valence electrons. The van der Waals surface area contributed by atoms with Gasteiger partial charge in [0, 0.05) is 6.54 Å². The molecular formula is C12H22BrN3O. The number of halogens is 1. The minimum absolute atomic E-state index is 0.167. The zero-order chi connectivity index (χ0) is 12.8. The molecule has 0 fully saturated rings. The molecule has 0 aliphatic carbocycles. The molecule has 0 aliphatic heterocycles. The maximum absolute atomic E-state index is 5.68. The molecule has 5 heteroatoms. The molecule has 0 aromatic carbocycles. The fraction of sp³-hybridized carbons (Fsp3) is 0.750. The van der Waals surface area contributed by atoms with Crippen molar-refractivity contribution in [2.45, 2.75) is 45.9 Å². The van der Waals surface area contributed by atoms with E-state index in [1.165, 1.54) is 0 Å². The Morgan fingerprint density at radius 2 is 2.24 bits per heavy atom. The summed E-state index contributed by atoms with van der Waals surface area (Å²) in [6.07, 6.45) is 3.17. The Morgan fingerprint density at radius 3 is 2.76 bits per heavy atom. The van der Waals surface area contributed by atoms with Gasteiger partial charge in [-0.3, -0.25) is 4.68 Å². The molecule has 1 heterocycles. The topological polar surface area (TPSA) is 39.1 Å². The van der Waals surface area contributed by atoms with Crippen LogP contribution in [-0.2, 0) is 11.3 Å². The number of likely N-dealkylation sites (N-methyl/N-ethyl adjacent to an activating group) is 1. The molecule has 4 nitrogen and oxygen atoms in total. The van der Waals surface area contributed by atoms with Gasteiger partial charge in [0.1, 0.15) is 0 Å². The average Bonchev–Trinajstić information content (AvgIpc) is 2.63. The molecule has 17 heavy (non-hydrogen) atoms. The summed E-state index contributed by atoms with van der Waals surface area (Å²) in [7, 11) is 1.95. The number of hydrogen-bond donors (Lipinski definition) is 1. The van der Waals surface area contributed by atoms with Crippen LogP contribution in [-0.4, -0.2) is 29.5 Å². The van der Waals surface area contributed by atoms with Gasteiger partial charge < -0.3 is 10.1 Å². The van der Waals surface area contributed by atoms with E-state index in [1.807, 2.05) is 31.8 Å². The SMILES string of the molecule is CCCn1ncc(Br)c1C(COC(C)C)NC. The van der Waals surface area contributed by atoms with Gasteiger partial charge in [0.15, 0.2) is 0 Å². The van der Waals surface area contributed by atoms with Crippen LogP contribution in [0.3, 0.4) is 0 Å². The summed E-state index contributed by atoms with van der Waals surface area (Å²) in [5.41, 5.74) is 1.16. The highest BCUT2D eigenvalue weighted by molar-refractivity contribution is 9.10. The number of nitrogens with zero attached hydrogens (tertiary/aromatic N) is 2. The van der Waals surface area contributed by atoms with Gasteiger partial charge in [0.2, 0.25) is 0 Å². The van der Waals surface area contributed by atoms with E-state index >= 15 is 0 Å². The molecule has 1 aromatic rings. The van der Waals surface area contributed by atoms with Gasteiger partial charge in [-0.05, 0) is 43.2 Å². The highest BCUT2D eigenvalue weighted by atomic mass is 79.9. The van der Waals surface area contributed by atoms with Crippen LogP contribution in [0.1, 0.15) is 38.9 Å². The first-order valence-corrected chi connectivity index (χ1v) is 6.89. The van der Waals surface area contributed by atoms with Gasteiger partial charge in [-0.2, -0.15) is 5.10 Å². The standard InChI is InChI=1S/C12H22BrN3O/c1-5-6-16-12(10(13)7-15-16)11(14-4)8-17-9(2)3/h7,9,11,14H,5-6,8H2,1-4H3. The van der Waals surface area contributed by atoms with E-state index in [4.69, 9.17) is 4.74 Å². The van der Waals surface area contributed by atoms with E-state index in [2.05, 4.69) is 33.3 Å². The fourth-order valence-electron chi connectivity index (χ4n) is 1.70. The summed E-state index contributed by atoms with van der Waals surface area (Å²) in [6, 6.07) is 0.167. The van der Waals surface area contributed by atoms with Crippen molar-refractivity contribution in [3.8, 4) is 0 Å². The molecule has 0 aliphatic rings. The lowest BCUT2D eigenvalue weighted by Gasteiger charge is -2.20. The van der Waals surface area contributed by atoms with Crippen LogP contribution >= 0.6 is 15.9 Å². The smallest absolute Gasteiger partial charge is 0.0738 e. The second-order valence-corrected chi connectivity index (χ2v) is 5.18. The predicted octanol–water partition coefficient (Wildman–Crippen LogP) is 2.74. The molecule has 0 amide bonds. The highest BCUT2D eigenvalue weighted by Gasteiger charge is 2.19. The molecule has 1 N–H and O–H groups in total. The van der Waals surface area contributed by atoms with Crippen molar-refractivity contribution in [2.24, 2.45) is 0 Å². The Balaban J connectivity index is 2.82. The van der Waals surface area contributed by atoms with Crippen LogP contribution in [0, 0.1) is 0 Å². The van der Waals surface area contributed by atoms with Crippen molar-refractivity contribution in [1.82, 2.24) is 15.1 Å². The van der Waals surface area contributed by atoms with E-state index in [9.17, 15) is 0 Å². The van der Waals surface area contributed by atoms with Crippen molar-refractivity contribution in [1.29, 1.82) is 0 Å². The van der Waals surface area contributed by atoms with Crippen molar-refractivity contribution in [3.63, 3.8) is 0 Å². The molecule has 1 rings (SSSR count). The summed E-state index contributed by atoms with van der Waals surface area (Å²) >= 11 is 3.56. The Bertz CT molecular complexity index is 338. The van der Waals surface area contributed by atoms with E-state index in [0.29, 0.717) is 6.61 Å². The van der Waals surface area contributed by atoms with Crippen LogP contribution in [0.25, 0.3) is 0 Å². The lowest BCUT2D eigenvalue weighted by atomic mass is 10.2. The lowest BCUT2D eigenvalue weighted by Crippen LogP contribution is -2.26. The Labute approximate surface area is 112 Å². The largest absolute Gasteiger partial charge is 0.377 e. The predicted molar refractivity (Wildman–Crippen MR) is 73.1 cm³/mol. The van der Waals surface area contributed by atoms with Gasteiger partial charge in [-0.1, -0.05) is 6.92 Å². The van der Waals surface area contributed by atoms with Crippen molar-refractivity contribution < 1.29 is 4.74 Å². The lowest BCUT2D eigenvalue weighted by molar-refractivity contribution is 0.0607. The third-order valence-electron chi connectivity index (χ3n) is 2.54. The second-order valence-electron chi connectivity index (χ2n) is 4.32. The van der Waals surface area contributed by atoms with Crippen LogP contribution < -0.4 is 5.32 Å². The van der Waals surface area contributed by atoms with Crippen molar-refractivity contribution in [2.75, 3.05) is 13.7 Å².